The number of para-hydroxylation sites is 1. The third kappa shape index (κ3) is 1.94. The first-order chi connectivity index (χ1) is 8.78. The Balaban J connectivity index is 2.06. The van der Waals surface area contributed by atoms with Crippen LogP contribution in [0, 0.1) is 6.92 Å². The van der Waals surface area contributed by atoms with Crippen molar-refractivity contribution < 1.29 is 0 Å². The maximum atomic E-state index is 5.81. The van der Waals surface area contributed by atoms with Crippen LogP contribution >= 0.6 is 11.3 Å². The highest BCUT2D eigenvalue weighted by Crippen LogP contribution is 2.21. The zero-order valence-electron chi connectivity index (χ0n) is 10.3. The monoisotopic (exact) mass is 257 g/mol. The maximum Gasteiger partial charge on any atom is 0.0898 e. The normalized spacial score (nSPS) is 11.2. The summed E-state index contributed by atoms with van der Waals surface area (Å²) in [5.41, 5.74) is 9.34. The van der Waals surface area contributed by atoms with Crippen molar-refractivity contribution in [2.75, 3.05) is 0 Å². The maximum absolute atomic E-state index is 5.81. The number of benzene rings is 1. The molecule has 2 N–H and O–H groups in total. The summed E-state index contributed by atoms with van der Waals surface area (Å²) in [5.74, 6) is 0. The predicted molar refractivity (Wildman–Crippen MR) is 75.8 cm³/mol. The van der Waals surface area contributed by atoms with Crippen molar-refractivity contribution in [1.82, 2.24) is 9.55 Å². The van der Waals surface area contributed by atoms with Crippen LogP contribution in [0.3, 0.4) is 0 Å². The first-order valence-electron chi connectivity index (χ1n) is 5.96. The molecule has 0 fully saturated rings. The summed E-state index contributed by atoms with van der Waals surface area (Å²) in [6.07, 6.45) is 2.11. The Bertz CT molecular complexity index is 681. The van der Waals surface area contributed by atoms with E-state index >= 15 is 0 Å². The number of aromatic nitrogens is 2. The lowest BCUT2D eigenvalue weighted by Crippen LogP contribution is -2.03. The standard InChI is InChI=1S/C14H15N3S/c1-10-16-13(9-18-10)8-17-6-5-11-3-2-4-12(7-15)14(11)17/h2-6,9H,7-8,15H2,1H3. The Hall–Kier alpha value is -1.65. The molecule has 0 atom stereocenters. The topological polar surface area (TPSA) is 43.8 Å². The Morgan fingerprint density at radius 2 is 2.22 bits per heavy atom. The molecule has 0 radical (unpaired) electrons. The molecule has 0 unspecified atom stereocenters. The minimum Gasteiger partial charge on any atom is -0.341 e. The summed E-state index contributed by atoms with van der Waals surface area (Å²) in [4.78, 5) is 4.51. The number of nitrogens with zero attached hydrogens (tertiary/aromatic N) is 2. The molecule has 0 aliphatic rings. The zero-order chi connectivity index (χ0) is 12.5. The van der Waals surface area contributed by atoms with E-state index in [4.69, 9.17) is 5.73 Å². The van der Waals surface area contributed by atoms with Gasteiger partial charge in [0, 0.05) is 18.1 Å². The molecule has 0 saturated carbocycles. The van der Waals surface area contributed by atoms with Crippen molar-refractivity contribution in [3.05, 3.63) is 52.1 Å². The van der Waals surface area contributed by atoms with Gasteiger partial charge in [-0.15, -0.1) is 11.3 Å². The third-order valence-corrected chi connectivity index (χ3v) is 3.91. The van der Waals surface area contributed by atoms with Crippen LogP contribution in [0.4, 0.5) is 0 Å². The van der Waals surface area contributed by atoms with Crippen molar-refractivity contribution in [2.45, 2.75) is 20.0 Å². The van der Waals surface area contributed by atoms with Gasteiger partial charge in [0.05, 0.1) is 22.8 Å². The van der Waals surface area contributed by atoms with Crippen molar-refractivity contribution >= 4 is 22.2 Å². The zero-order valence-corrected chi connectivity index (χ0v) is 11.1. The average Bonchev–Trinajstić information content (AvgIpc) is 2.97. The molecule has 3 rings (SSSR count). The van der Waals surface area contributed by atoms with Gasteiger partial charge in [-0.05, 0) is 23.9 Å². The molecule has 0 aliphatic heterocycles. The molecular formula is C14H15N3S. The second-order valence-corrected chi connectivity index (χ2v) is 5.42. The van der Waals surface area contributed by atoms with Gasteiger partial charge in [0.2, 0.25) is 0 Å². The first-order valence-corrected chi connectivity index (χ1v) is 6.83. The van der Waals surface area contributed by atoms with Gasteiger partial charge in [-0.2, -0.15) is 0 Å². The number of nitrogens with two attached hydrogens (primary N) is 1. The Labute approximate surface area is 110 Å². The van der Waals surface area contributed by atoms with E-state index in [2.05, 4.69) is 45.4 Å². The molecule has 3 nitrogen and oxygen atoms in total. The van der Waals surface area contributed by atoms with Crippen LogP contribution in [0.25, 0.3) is 10.9 Å². The Morgan fingerprint density at radius 1 is 1.33 bits per heavy atom. The van der Waals surface area contributed by atoms with Crippen LogP contribution in [0.2, 0.25) is 0 Å². The molecule has 0 amide bonds. The molecule has 4 heteroatoms. The quantitative estimate of drug-likeness (QED) is 0.784. The minimum atomic E-state index is 0.567. The van der Waals surface area contributed by atoms with Gasteiger partial charge < -0.3 is 10.3 Å². The number of rotatable bonds is 3. The lowest BCUT2D eigenvalue weighted by molar-refractivity contribution is 0.806. The molecule has 0 aliphatic carbocycles. The van der Waals surface area contributed by atoms with E-state index in [-0.39, 0.29) is 0 Å². The summed E-state index contributed by atoms with van der Waals surface area (Å²) >= 11 is 1.69. The van der Waals surface area contributed by atoms with E-state index in [9.17, 15) is 0 Å². The van der Waals surface area contributed by atoms with Crippen LogP contribution in [0.5, 0.6) is 0 Å². The average molecular weight is 257 g/mol. The molecule has 0 saturated heterocycles. The van der Waals surface area contributed by atoms with Gasteiger partial charge in [0.15, 0.2) is 0 Å². The van der Waals surface area contributed by atoms with Gasteiger partial charge in [-0.1, -0.05) is 18.2 Å². The minimum absolute atomic E-state index is 0.567. The van der Waals surface area contributed by atoms with Crippen LogP contribution in [0.15, 0.2) is 35.8 Å². The fraction of sp³-hybridized carbons (Fsp3) is 0.214. The number of thiazole rings is 1. The van der Waals surface area contributed by atoms with Crippen LogP contribution in [-0.4, -0.2) is 9.55 Å². The first kappa shape index (κ1) is 11.4. The molecule has 1 aromatic carbocycles. The van der Waals surface area contributed by atoms with E-state index in [1.807, 2.05) is 6.92 Å². The lowest BCUT2D eigenvalue weighted by atomic mass is 10.1. The highest BCUT2D eigenvalue weighted by Gasteiger charge is 2.07. The summed E-state index contributed by atoms with van der Waals surface area (Å²) in [5, 5.41) is 4.47. The van der Waals surface area contributed by atoms with E-state index < -0.39 is 0 Å². The third-order valence-electron chi connectivity index (χ3n) is 3.09. The largest absolute Gasteiger partial charge is 0.341 e. The summed E-state index contributed by atoms with van der Waals surface area (Å²) in [6, 6.07) is 8.40. The summed E-state index contributed by atoms with van der Waals surface area (Å²) < 4.78 is 2.23. The Kier molecular flexibility index (Phi) is 2.89. The molecule has 18 heavy (non-hydrogen) atoms. The van der Waals surface area contributed by atoms with Crippen molar-refractivity contribution in [2.24, 2.45) is 5.73 Å². The van der Waals surface area contributed by atoms with Crippen molar-refractivity contribution in [3.8, 4) is 0 Å². The van der Waals surface area contributed by atoms with Crippen molar-refractivity contribution in [1.29, 1.82) is 0 Å². The number of hydrogen-bond acceptors (Lipinski definition) is 3. The SMILES string of the molecule is Cc1nc(Cn2ccc3cccc(CN)c32)cs1. The van der Waals surface area contributed by atoms with Crippen LogP contribution in [0.1, 0.15) is 16.3 Å². The molecule has 2 heterocycles. The van der Waals surface area contributed by atoms with Gasteiger partial charge in [0.25, 0.3) is 0 Å². The van der Waals surface area contributed by atoms with Gasteiger partial charge in [-0.25, -0.2) is 4.98 Å². The number of aryl methyl sites for hydroxylation is 1. The Morgan fingerprint density at radius 3 is 2.94 bits per heavy atom. The molecule has 2 aromatic heterocycles. The second kappa shape index (κ2) is 4.55. The van der Waals surface area contributed by atoms with Gasteiger partial charge >= 0.3 is 0 Å². The number of hydrogen-bond donors (Lipinski definition) is 1. The van der Waals surface area contributed by atoms with E-state index in [1.165, 1.54) is 16.5 Å². The fourth-order valence-corrected chi connectivity index (χ4v) is 2.90. The van der Waals surface area contributed by atoms with E-state index in [1.54, 1.807) is 11.3 Å². The highest BCUT2D eigenvalue weighted by molar-refractivity contribution is 7.09. The molecular weight excluding hydrogens is 242 g/mol. The van der Waals surface area contributed by atoms with Gasteiger partial charge in [0.1, 0.15) is 0 Å². The molecule has 0 spiro atoms. The second-order valence-electron chi connectivity index (χ2n) is 4.36. The molecule has 3 aromatic rings. The highest BCUT2D eigenvalue weighted by atomic mass is 32.1. The summed E-state index contributed by atoms with van der Waals surface area (Å²) in [7, 11) is 0. The van der Waals surface area contributed by atoms with Crippen LogP contribution < -0.4 is 5.73 Å². The number of fused-ring (bicyclic) bond motifs is 1. The predicted octanol–water partition coefficient (Wildman–Crippen LogP) is 2.91. The van der Waals surface area contributed by atoms with E-state index in [0.717, 1.165) is 17.2 Å². The lowest BCUT2D eigenvalue weighted by Gasteiger charge is -2.07. The fourth-order valence-electron chi connectivity index (χ4n) is 2.29. The van der Waals surface area contributed by atoms with Crippen LogP contribution in [-0.2, 0) is 13.1 Å². The molecule has 0 bridgehead atoms. The van der Waals surface area contributed by atoms with E-state index in [0.29, 0.717) is 6.54 Å². The summed E-state index contributed by atoms with van der Waals surface area (Å²) in [6.45, 7) is 3.41. The van der Waals surface area contributed by atoms with Crippen molar-refractivity contribution in [3.63, 3.8) is 0 Å². The smallest absolute Gasteiger partial charge is 0.0898 e. The molecule has 92 valence electrons. The van der Waals surface area contributed by atoms with Gasteiger partial charge in [-0.3, -0.25) is 0 Å².